The average Bonchev–Trinajstić information content (AvgIpc) is 3.15. The van der Waals surface area contributed by atoms with E-state index >= 15 is 0 Å². The van der Waals surface area contributed by atoms with Crippen LogP contribution in [0.15, 0.2) is 24.3 Å². The number of rotatable bonds is 3. The number of hydrogen-bond donors (Lipinski definition) is 2. The third kappa shape index (κ3) is 1.40. The Balaban J connectivity index is 1.97. The third-order valence-electron chi connectivity index (χ3n) is 3.98. The molecule has 80 valence electrons. The van der Waals surface area contributed by atoms with Crippen LogP contribution in [0.1, 0.15) is 36.8 Å². The van der Waals surface area contributed by atoms with Gasteiger partial charge in [0, 0.05) is 12.0 Å². The molecule has 2 saturated carbocycles. The summed E-state index contributed by atoms with van der Waals surface area (Å²) in [7, 11) is 0. The van der Waals surface area contributed by atoms with E-state index in [1.54, 1.807) is 0 Å². The predicted molar refractivity (Wildman–Crippen MR) is 59.5 cm³/mol. The lowest BCUT2D eigenvalue weighted by Gasteiger charge is -2.16. The lowest BCUT2D eigenvalue weighted by Crippen LogP contribution is -2.20. The van der Waals surface area contributed by atoms with Crippen molar-refractivity contribution in [3.8, 4) is 0 Å². The van der Waals surface area contributed by atoms with Crippen LogP contribution in [0.5, 0.6) is 0 Å². The van der Waals surface area contributed by atoms with E-state index in [1.807, 2.05) is 6.07 Å². The highest BCUT2D eigenvalue weighted by Gasteiger charge is 2.45. The first-order chi connectivity index (χ1) is 7.19. The summed E-state index contributed by atoms with van der Waals surface area (Å²) in [5.74, 6) is 0. The molecule has 0 amide bonds. The normalized spacial score (nSPS) is 24.9. The second kappa shape index (κ2) is 2.83. The minimum Gasteiger partial charge on any atom is -0.385 e. The largest absolute Gasteiger partial charge is 0.385 e. The van der Waals surface area contributed by atoms with E-state index in [9.17, 15) is 5.11 Å². The van der Waals surface area contributed by atoms with Crippen LogP contribution in [-0.2, 0) is 11.0 Å². The molecule has 2 nitrogen and oxygen atoms in total. The molecule has 0 bridgehead atoms. The molecule has 15 heavy (non-hydrogen) atoms. The highest BCUT2D eigenvalue weighted by Crippen LogP contribution is 2.50. The molecule has 0 aliphatic heterocycles. The Bertz CT molecular complexity index is 391. The fraction of sp³-hybridized carbons (Fsp3) is 0.538. The van der Waals surface area contributed by atoms with Crippen LogP contribution in [0.4, 0.5) is 0 Å². The molecule has 1 aromatic carbocycles. The number of benzene rings is 1. The number of aliphatic hydroxyl groups is 1. The van der Waals surface area contributed by atoms with Gasteiger partial charge in [-0.15, -0.1) is 0 Å². The van der Waals surface area contributed by atoms with Crippen LogP contribution in [0.25, 0.3) is 0 Å². The summed E-state index contributed by atoms with van der Waals surface area (Å²) in [6.45, 7) is 0.731. The zero-order valence-electron chi connectivity index (χ0n) is 8.87. The fourth-order valence-corrected chi connectivity index (χ4v) is 2.31. The highest BCUT2D eigenvalue weighted by molar-refractivity contribution is 5.38. The van der Waals surface area contributed by atoms with Crippen LogP contribution in [0.2, 0.25) is 0 Å². The first-order valence-corrected chi connectivity index (χ1v) is 5.72. The van der Waals surface area contributed by atoms with E-state index in [0.29, 0.717) is 0 Å². The Kier molecular flexibility index (Phi) is 1.77. The lowest BCUT2D eigenvalue weighted by molar-refractivity contribution is 0.151. The van der Waals surface area contributed by atoms with Crippen molar-refractivity contribution in [2.45, 2.75) is 36.7 Å². The van der Waals surface area contributed by atoms with Gasteiger partial charge in [-0.3, -0.25) is 0 Å². The molecule has 0 aromatic heterocycles. The van der Waals surface area contributed by atoms with E-state index in [4.69, 9.17) is 5.73 Å². The van der Waals surface area contributed by atoms with Crippen molar-refractivity contribution >= 4 is 0 Å². The molecule has 2 aliphatic rings. The lowest BCUT2D eigenvalue weighted by atomic mass is 9.93. The van der Waals surface area contributed by atoms with Gasteiger partial charge in [-0.25, -0.2) is 0 Å². The van der Waals surface area contributed by atoms with Crippen molar-refractivity contribution in [3.05, 3.63) is 35.4 Å². The van der Waals surface area contributed by atoms with Gasteiger partial charge in [-0.2, -0.15) is 0 Å². The maximum absolute atomic E-state index is 10.1. The van der Waals surface area contributed by atoms with E-state index in [1.165, 1.54) is 18.4 Å². The van der Waals surface area contributed by atoms with Crippen molar-refractivity contribution in [1.29, 1.82) is 0 Å². The maximum atomic E-state index is 10.1. The van der Waals surface area contributed by atoms with Crippen LogP contribution >= 0.6 is 0 Å². The van der Waals surface area contributed by atoms with Crippen LogP contribution in [0.3, 0.4) is 0 Å². The first kappa shape index (κ1) is 9.37. The fourth-order valence-electron chi connectivity index (χ4n) is 2.31. The van der Waals surface area contributed by atoms with Crippen LogP contribution in [-0.4, -0.2) is 11.7 Å². The Labute approximate surface area is 90.1 Å². The average molecular weight is 203 g/mol. The molecule has 2 aliphatic carbocycles. The highest BCUT2D eigenvalue weighted by atomic mass is 16.3. The zero-order chi connectivity index (χ0) is 10.5. The van der Waals surface area contributed by atoms with Crippen molar-refractivity contribution in [2.75, 3.05) is 6.54 Å². The summed E-state index contributed by atoms with van der Waals surface area (Å²) in [4.78, 5) is 0. The molecule has 0 heterocycles. The van der Waals surface area contributed by atoms with Gasteiger partial charge in [0.2, 0.25) is 0 Å². The third-order valence-corrected chi connectivity index (χ3v) is 3.98. The smallest absolute Gasteiger partial charge is 0.0899 e. The molecule has 0 atom stereocenters. The Hall–Kier alpha value is -0.860. The summed E-state index contributed by atoms with van der Waals surface area (Å²) in [6, 6.07) is 8.39. The van der Waals surface area contributed by atoms with E-state index in [-0.39, 0.29) is 5.41 Å². The summed E-state index contributed by atoms with van der Waals surface area (Å²) >= 11 is 0. The summed E-state index contributed by atoms with van der Waals surface area (Å²) in [6.07, 6.45) is 4.22. The molecule has 0 spiro atoms. The number of hydrogen-bond acceptors (Lipinski definition) is 2. The monoisotopic (exact) mass is 203 g/mol. The molecule has 0 radical (unpaired) electrons. The quantitative estimate of drug-likeness (QED) is 0.784. The van der Waals surface area contributed by atoms with Crippen LogP contribution < -0.4 is 5.73 Å². The summed E-state index contributed by atoms with van der Waals surface area (Å²) < 4.78 is 0. The second-order valence-electron chi connectivity index (χ2n) is 5.10. The molecule has 3 rings (SSSR count). The Morgan fingerprint density at radius 1 is 1.13 bits per heavy atom. The van der Waals surface area contributed by atoms with E-state index < -0.39 is 5.60 Å². The van der Waals surface area contributed by atoms with Gasteiger partial charge in [-0.1, -0.05) is 24.3 Å². The Morgan fingerprint density at radius 3 is 2.33 bits per heavy atom. The minimum atomic E-state index is -0.513. The van der Waals surface area contributed by atoms with Gasteiger partial charge in [0.15, 0.2) is 0 Å². The molecule has 0 unspecified atom stereocenters. The predicted octanol–water partition coefficient (Wildman–Crippen LogP) is 1.66. The van der Waals surface area contributed by atoms with Gasteiger partial charge in [0.05, 0.1) is 5.60 Å². The van der Waals surface area contributed by atoms with Gasteiger partial charge in [0.1, 0.15) is 0 Å². The van der Waals surface area contributed by atoms with E-state index in [2.05, 4.69) is 18.2 Å². The zero-order valence-corrected chi connectivity index (χ0v) is 8.87. The molecular formula is C13H17NO. The van der Waals surface area contributed by atoms with Crippen molar-refractivity contribution < 1.29 is 5.11 Å². The van der Waals surface area contributed by atoms with Gasteiger partial charge < -0.3 is 10.8 Å². The molecule has 1 aromatic rings. The van der Waals surface area contributed by atoms with Crippen molar-refractivity contribution in [2.24, 2.45) is 5.73 Å². The standard InChI is InChI=1S/C13H17NO/c14-9-12(4-5-12)10-2-1-3-11(8-10)13(15)6-7-13/h1-3,8,15H,4-7,9,14H2. The number of nitrogens with two attached hydrogens (primary N) is 1. The van der Waals surface area contributed by atoms with E-state index in [0.717, 1.165) is 24.9 Å². The van der Waals surface area contributed by atoms with Gasteiger partial charge in [-0.05, 0) is 36.8 Å². The van der Waals surface area contributed by atoms with Gasteiger partial charge >= 0.3 is 0 Å². The molecule has 3 N–H and O–H groups in total. The topological polar surface area (TPSA) is 46.2 Å². The molecule has 2 heteroatoms. The van der Waals surface area contributed by atoms with Crippen molar-refractivity contribution in [1.82, 2.24) is 0 Å². The van der Waals surface area contributed by atoms with Crippen LogP contribution in [0, 0.1) is 0 Å². The second-order valence-corrected chi connectivity index (χ2v) is 5.10. The summed E-state index contributed by atoms with van der Waals surface area (Å²) in [5.41, 5.74) is 7.94. The maximum Gasteiger partial charge on any atom is 0.0899 e. The SMILES string of the molecule is NCC1(c2cccc(C3(O)CC3)c2)CC1. The molecular weight excluding hydrogens is 186 g/mol. The van der Waals surface area contributed by atoms with Crippen molar-refractivity contribution in [3.63, 3.8) is 0 Å². The molecule has 2 fully saturated rings. The Morgan fingerprint density at radius 2 is 1.80 bits per heavy atom. The summed E-state index contributed by atoms with van der Waals surface area (Å²) in [5, 5.41) is 10.1. The van der Waals surface area contributed by atoms with Gasteiger partial charge in [0.25, 0.3) is 0 Å². The molecule has 0 saturated heterocycles. The first-order valence-electron chi connectivity index (χ1n) is 5.72. The minimum absolute atomic E-state index is 0.237.